The molecule has 0 aromatic carbocycles. The van der Waals surface area contributed by atoms with Gasteiger partial charge in [0.25, 0.3) is 0 Å². The van der Waals surface area contributed by atoms with E-state index in [0.717, 1.165) is 25.2 Å². The molecule has 0 saturated heterocycles. The smallest absolute Gasteiger partial charge is 0.407 e. The summed E-state index contributed by atoms with van der Waals surface area (Å²) in [5.74, 6) is 0.868. The molecule has 1 amide bonds. The van der Waals surface area contributed by atoms with Gasteiger partial charge in [-0.25, -0.2) is 4.79 Å². The van der Waals surface area contributed by atoms with Gasteiger partial charge in [-0.1, -0.05) is 6.42 Å². The number of alkyl carbamates (subject to hydrolysis) is 1. The average molecular weight is 282 g/mol. The van der Waals surface area contributed by atoms with E-state index in [0.29, 0.717) is 12.1 Å². The monoisotopic (exact) mass is 282 g/mol. The zero-order chi connectivity index (χ0) is 14.8. The number of nitrogens with one attached hydrogen (secondary N) is 2. The van der Waals surface area contributed by atoms with Crippen molar-refractivity contribution in [3.05, 3.63) is 0 Å². The second kappa shape index (κ2) is 6.33. The zero-order valence-corrected chi connectivity index (χ0v) is 13.4. The lowest BCUT2D eigenvalue weighted by molar-refractivity contribution is 0.0505. The molecule has 0 spiro atoms. The minimum absolute atomic E-state index is 0.260. The number of hydrogen-bond donors (Lipinski definition) is 2. The maximum absolute atomic E-state index is 11.8. The second-order valence-electron chi connectivity index (χ2n) is 7.50. The molecule has 2 N–H and O–H groups in total. The number of amides is 1. The molecule has 2 fully saturated rings. The first kappa shape index (κ1) is 15.6. The van der Waals surface area contributed by atoms with Crippen molar-refractivity contribution in [3.63, 3.8) is 0 Å². The van der Waals surface area contributed by atoms with Gasteiger partial charge in [-0.05, 0) is 65.7 Å². The summed E-state index contributed by atoms with van der Waals surface area (Å²) in [5.41, 5.74) is -0.418. The van der Waals surface area contributed by atoms with Crippen LogP contribution >= 0.6 is 0 Å². The van der Waals surface area contributed by atoms with Crippen LogP contribution in [0.3, 0.4) is 0 Å². The van der Waals surface area contributed by atoms with E-state index in [-0.39, 0.29) is 12.1 Å². The predicted molar refractivity (Wildman–Crippen MR) is 80.7 cm³/mol. The summed E-state index contributed by atoms with van der Waals surface area (Å²) in [6, 6.07) is 1.43. The van der Waals surface area contributed by atoms with Crippen LogP contribution in [-0.2, 0) is 4.74 Å². The highest BCUT2D eigenvalue weighted by Crippen LogP contribution is 2.30. The summed E-state index contributed by atoms with van der Waals surface area (Å²) >= 11 is 0. The zero-order valence-electron chi connectivity index (χ0n) is 13.4. The average Bonchev–Trinajstić information content (AvgIpc) is 2.58. The minimum Gasteiger partial charge on any atom is -0.444 e. The van der Waals surface area contributed by atoms with E-state index in [1.165, 1.54) is 19.3 Å². The van der Waals surface area contributed by atoms with Gasteiger partial charge in [-0.15, -0.1) is 0 Å². The minimum atomic E-state index is -0.418. The number of carbonyl (C=O) groups is 1. The SMILES string of the molecule is CC(NC1CCC(NC(=O)OC(C)(C)C)C1)C1CCC1. The van der Waals surface area contributed by atoms with Crippen LogP contribution in [0.4, 0.5) is 4.79 Å². The highest BCUT2D eigenvalue weighted by atomic mass is 16.6. The van der Waals surface area contributed by atoms with Crippen LogP contribution in [0.15, 0.2) is 0 Å². The molecule has 0 aromatic heterocycles. The third-order valence-electron chi connectivity index (χ3n) is 4.51. The van der Waals surface area contributed by atoms with Crippen LogP contribution in [0.2, 0.25) is 0 Å². The van der Waals surface area contributed by atoms with Gasteiger partial charge < -0.3 is 15.4 Å². The largest absolute Gasteiger partial charge is 0.444 e. The lowest BCUT2D eigenvalue weighted by atomic mass is 9.80. The Morgan fingerprint density at radius 1 is 1.15 bits per heavy atom. The molecule has 20 heavy (non-hydrogen) atoms. The quantitative estimate of drug-likeness (QED) is 0.832. The summed E-state index contributed by atoms with van der Waals surface area (Å²) in [6.07, 6.45) is 7.09. The van der Waals surface area contributed by atoms with E-state index >= 15 is 0 Å². The van der Waals surface area contributed by atoms with E-state index in [1.54, 1.807) is 0 Å². The van der Waals surface area contributed by atoms with Crippen molar-refractivity contribution >= 4 is 6.09 Å². The van der Waals surface area contributed by atoms with Gasteiger partial charge >= 0.3 is 6.09 Å². The molecule has 4 nitrogen and oxygen atoms in total. The van der Waals surface area contributed by atoms with Gasteiger partial charge in [0, 0.05) is 18.1 Å². The van der Waals surface area contributed by atoms with Gasteiger partial charge in [0.05, 0.1) is 0 Å². The lowest BCUT2D eigenvalue weighted by Crippen LogP contribution is -2.43. The highest BCUT2D eigenvalue weighted by Gasteiger charge is 2.31. The maximum Gasteiger partial charge on any atom is 0.407 e. The predicted octanol–water partition coefficient (Wildman–Crippen LogP) is 3.21. The van der Waals surface area contributed by atoms with Crippen LogP contribution in [0.5, 0.6) is 0 Å². The third kappa shape index (κ3) is 4.65. The molecule has 3 unspecified atom stereocenters. The fourth-order valence-electron chi connectivity index (χ4n) is 3.19. The Kier molecular flexibility index (Phi) is 4.95. The van der Waals surface area contributed by atoms with Crippen LogP contribution < -0.4 is 10.6 Å². The maximum atomic E-state index is 11.8. The molecular formula is C16H30N2O2. The molecule has 0 heterocycles. The van der Waals surface area contributed by atoms with E-state index in [9.17, 15) is 4.79 Å². The summed E-state index contributed by atoms with van der Waals surface area (Å²) in [6.45, 7) is 7.99. The number of carbonyl (C=O) groups excluding carboxylic acids is 1. The van der Waals surface area contributed by atoms with Crippen LogP contribution in [0.25, 0.3) is 0 Å². The Balaban J connectivity index is 1.68. The Morgan fingerprint density at radius 3 is 2.35 bits per heavy atom. The normalized spacial score (nSPS) is 28.8. The topological polar surface area (TPSA) is 50.4 Å². The molecule has 2 saturated carbocycles. The summed E-state index contributed by atoms with van der Waals surface area (Å²) in [5, 5.41) is 6.73. The van der Waals surface area contributed by atoms with E-state index < -0.39 is 5.60 Å². The molecule has 2 aliphatic rings. The van der Waals surface area contributed by atoms with E-state index in [2.05, 4.69) is 17.6 Å². The van der Waals surface area contributed by atoms with Crippen LogP contribution in [0.1, 0.15) is 66.2 Å². The van der Waals surface area contributed by atoms with Gasteiger partial charge in [0.15, 0.2) is 0 Å². The van der Waals surface area contributed by atoms with E-state index in [4.69, 9.17) is 4.74 Å². The van der Waals surface area contributed by atoms with Crippen molar-refractivity contribution in [2.75, 3.05) is 0 Å². The molecule has 0 radical (unpaired) electrons. The third-order valence-corrected chi connectivity index (χ3v) is 4.51. The highest BCUT2D eigenvalue weighted by molar-refractivity contribution is 5.68. The van der Waals surface area contributed by atoms with Crippen molar-refractivity contribution < 1.29 is 9.53 Å². The first-order valence-electron chi connectivity index (χ1n) is 8.09. The van der Waals surface area contributed by atoms with Crippen molar-refractivity contribution in [1.82, 2.24) is 10.6 Å². The number of ether oxygens (including phenoxy) is 1. The van der Waals surface area contributed by atoms with E-state index in [1.807, 2.05) is 20.8 Å². The molecular weight excluding hydrogens is 252 g/mol. The van der Waals surface area contributed by atoms with Crippen molar-refractivity contribution in [2.24, 2.45) is 5.92 Å². The summed E-state index contributed by atoms with van der Waals surface area (Å²) in [4.78, 5) is 11.8. The van der Waals surface area contributed by atoms with Gasteiger partial charge in [-0.3, -0.25) is 0 Å². The van der Waals surface area contributed by atoms with Crippen molar-refractivity contribution in [1.29, 1.82) is 0 Å². The first-order valence-corrected chi connectivity index (χ1v) is 8.09. The molecule has 2 rings (SSSR count). The molecule has 4 heteroatoms. The fraction of sp³-hybridized carbons (Fsp3) is 0.938. The Labute approximate surface area is 123 Å². The summed E-state index contributed by atoms with van der Waals surface area (Å²) in [7, 11) is 0. The Hall–Kier alpha value is -0.770. The van der Waals surface area contributed by atoms with Gasteiger partial charge in [0.2, 0.25) is 0 Å². The van der Waals surface area contributed by atoms with Crippen LogP contribution in [-0.4, -0.2) is 29.8 Å². The van der Waals surface area contributed by atoms with Gasteiger partial charge in [-0.2, -0.15) is 0 Å². The van der Waals surface area contributed by atoms with Gasteiger partial charge in [0.1, 0.15) is 5.60 Å². The Morgan fingerprint density at radius 2 is 1.80 bits per heavy atom. The number of hydrogen-bond acceptors (Lipinski definition) is 3. The van der Waals surface area contributed by atoms with Crippen molar-refractivity contribution in [3.8, 4) is 0 Å². The van der Waals surface area contributed by atoms with Crippen LogP contribution in [0, 0.1) is 5.92 Å². The second-order valence-corrected chi connectivity index (χ2v) is 7.50. The number of rotatable bonds is 4. The van der Waals surface area contributed by atoms with Crippen molar-refractivity contribution in [2.45, 2.75) is 89.9 Å². The molecule has 3 atom stereocenters. The summed E-state index contributed by atoms with van der Waals surface area (Å²) < 4.78 is 5.31. The molecule has 0 aromatic rings. The molecule has 0 bridgehead atoms. The molecule has 0 aliphatic heterocycles. The fourth-order valence-corrected chi connectivity index (χ4v) is 3.19. The standard InChI is InChI=1S/C16H30N2O2/c1-11(12-6-5-7-12)17-13-8-9-14(10-13)18-15(19)20-16(2,3)4/h11-14,17H,5-10H2,1-4H3,(H,18,19). The molecule has 116 valence electrons. The lowest BCUT2D eigenvalue weighted by Gasteiger charge is -2.34. The first-order chi connectivity index (χ1) is 9.33. The molecule has 2 aliphatic carbocycles. The Bertz CT molecular complexity index is 334.